The third-order valence-electron chi connectivity index (χ3n) is 5.21. The van der Waals surface area contributed by atoms with Gasteiger partial charge >= 0.3 is 0 Å². The van der Waals surface area contributed by atoms with Gasteiger partial charge in [0.15, 0.2) is 0 Å². The number of rotatable bonds is 4. The zero-order chi connectivity index (χ0) is 20.2. The summed E-state index contributed by atoms with van der Waals surface area (Å²) in [6, 6.07) is 34.1. The highest BCUT2D eigenvalue weighted by atomic mass is 14.6. The van der Waals surface area contributed by atoms with Gasteiger partial charge in [-0.15, -0.1) is 0 Å². The number of para-hydroxylation sites is 2. The van der Waals surface area contributed by atoms with E-state index in [1.54, 1.807) is 0 Å². The van der Waals surface area contributed by atoms with Crippen LogP contribution < -0.4 is 27.9 Å². The van der Waals surface area contributed by atoms with Gasteiger partial charge in [-0.2, -0.15) is 5.26 Å². The predicted molar refractivity (Wildman–Crippen MR) is 123 cm³/mol. The van der Waals surface area contributed by atoms with Crippen molar-refractivity contribution in [3.05, 3.63) is 103 Å². The Hall–Kier alpha value is -3.97. The lowest BCUT2D eigenvalue weighted by molar-refractivity contribution is 1.48. The van der Waals surface area contributed by atoms with Crippen LogP contribution in [0.25, 0.3) is 11.1 Å². The van der Waals surface area contributed by atoms with Gasteiger partial charge < -0.3 is 11.5 Å². The summed E-state index contributed by atoms with van der Waals surface area (Å²) in [6.45, 7) is -0.0487. The van der Waals surface area contributed by atoms with E-state index < -0.39 is 0 Å². The van der Waals surface area contributed by atoms with E-state index in [0.29, 0.717) is 5.56 Å². The minimum absolute atomic E-state index is 0.0487. The van der Waals surface area contributed by atoms with Crippen LogP contribution in [0.4, 0.5) is 11.4 Å². The van der Waals surface area contributed by atoms with Crippen molar-refractivity contribution in [3.8, 4) is 17.2 Å². The second kappa shape index (κ2) is 7.96. The van der Waals surface area contributed by atoms with Crippen LogP contribution in [0, 0.1) is 11.3 Å². The van der Waals surface area contributed by atoms with Gasteiger partial charge in [-0.25, -0.2) is 0 Å². The third kappa shape index (κ3) is 3.72. The maximum absolute atomic E-state index is 8.99. The van der Waals surface area contributed by atoms with Crippen molar-refractivity contribution in [2.24, 2.45) is 0 Å². The molecule has 4 heteroatoms. The first-order valence-corrected chi connectivity index (χ1v) is 9.46. The summed E-state index contributed by atoms with van der Waals surface area (Å²) in [7, 11) is 0. The Morgan fingerprint density at radius 1 is 0.586 bits per heavy atom. The Balaban J connectivity index is 1.78. The smallest absolute Gasteiger partial charge is 0.246 e. The maximum Gasteiger partial charge on any atom is 0.246 e. The fourth-order valence-electron chi connectivity index (χ4n) is 3.68. The first-order valence-electron chi connectivity index (χ1n) is 9.46. The van der Waals surface area contributed by atoms with E-state index in [0.717, 1.165) is 38.9 Å². The third-order valence-corrected chi connectivity index (χ3v) is 5.21. The van der Waals surface area contributed by atoms with Crippen LogP contribution in [0.3, 0.4) is 0 Å². The highest BCUT2D eigenvalue weighted by Crippen LogP contribution is 2.19. The molecule has 4 aromatic carbocycles. The molecule has 0 atom stereocenters. The molecule has 0 fully saturated rings. The molecule has 0 unspecified atom stereocenters. The highest BCUT2D eigenvalue weighted by molar-refractivity contribution is 6.97. The van der Waals surface area contributed by atoms with Crippen LogP contribution in [-0.2, 0) is 0 Å². The van der Waals surface area contributed by atoms with Crippen molar-refractivity contribution in [1.82, 2.24) is 0 Å². The lowest BCUT2D eigenvalue weighted by Gasteiger charge is -2.19. The zero-order valence-corrected chi connectivity index (χ0v) is 15.9. The predicted octanol–water partition coefficient (Wildman–Crippen LogP) is 2.91. The van der Waals surface area contributed by atoms with Crippen LogP contribution in [0.2, 0.25) is 0 Å². The lowest BCUT2D eigenvalue weighted by Crippen LogP contribution is -2.53. The van der Waals surface area contributed by atoms with Crippen molar-refractivity contribution in [3.63, 3.8) is 0 Å². The number of anilines is 2. The standard InChI is InChI=1S/C25H20BN3/c27-17-18-9-11-19(12-10-18)20-13-15-21(16-14-20)26(22-5-1-3-7-24(22)28)23-6-2-4-8-25(23)29/h1-16H,28-29H2. The van der Waals surface area contributed by atoms with Crippen LogP contribution in [0.5, 0.6) is 0 Å². The van der Waals surface area contributed by atoms with Crippen LogP contribution in [0.1, 0.15) is 5.56 Å². The van der Waals surface area contributed by atoms with Crippen molar-refractivity contribution in [1.29, 1.82) is 5.26 Å². The molecule has 4 N–H and O–H groups in total. The van der Waals surface area contributed by atoms with E-state index in [-0.39, 0.29) is 6.71 Å². The number of hydrogen-bond acceptors (Lipinski definition) is 3. The Morgan fingerprint density at radius 3 is 1.48 bits per heavy atom. The maximum atomic E-state index is 8.99. The molecule has 0 bridgehead atoms. The largest absolute Gasteiger partial charge is 0.399 e. The summed E-state index contributed by atoms with van der Waals surface area (Å²) < 4.78 is 0. The molecule has 0 aliphatic rings. The van der Waals surface area contributed by atoms with Crippen LogP contribution >= 0.6 is 0 Å². The molecule has 0 aliphatic carbocycles. The molecule has 0 heterocycles. The van der Waals surface area contributed by atoms with Gasteiger partial charge in [-0.05, 0) is 46.3 Å². The summed E-state index contributed by atoms with van der Waals surface area (Å²) in [5.41, 5.74) is 20.2. The topological polar surface area (TPSA) is 75.8 Å². The Kier molecular flexibility index (Phi) is 5.05. The highest BCUT2D eigenvalue weighted by Gasteiger charge is 2.25. The van der Waals surface area contributed by atoms with Gasteiger partial charge in [0.25, 0.3) is 0 Å². The molecule has 138 valence electrons. The summed E-state index contributed by atoms with van der Waals surface area (Å²) in [4.78, 5) is 0. The van der Waals surface area contributed by atoms with E-state index in [1.807, 2.05) is 60.7 Å². The van der Waals surface area contributed by atoms with E-state index in [9.17, 15) is 0 Å². The number of nitrogens with two attached hydrogens (primary N) is 2. The lowest BCUT2D eigenvalue weighted by atomic mass is 9.36. The normalized spacial score (nSPS) is 10.3. The summed E-state index contributed by atoms with van der Waals surface area (Å²) >= 11 is 0. The van der Waals surface area contributed by atoms with Crippen molar-refractivity contribution in [2.75, 3.05) is 11.5 Å². The van der Waals surface area contributed by atoms with Crippen molar-refractivity contribution in [2.45, 2.75) is 0 Å². The fourth-order valence-corrected chi connectivity index (χ4v) is 3.68. The quantitative estimate of drug-likeness (QED) is 0.427. The van der Waals surface area contributed by atoms with Gasteiger partial charge in [0.2, 0.25) is 6.71 Å². The zero-order valence-electron chi connectivity index (χ0n) is 15.9. The Labute approximate surface area is 171 Å². The minimum atomic E-state index is -0.0487. The van der Waals surface area contributed by atoms with E-state index in [1.165, 1.54) is 0 Å². The summed E-state index contributed by atoms with van der Waals surface area (Å²) in [5, 5.41) is 8.99. The van der Waals surface area contributed by atoms with Crippen LogP contribution in [0.15, 0.2) is 97.1 Å². The number of nitriles is 1. The van der Waals surface area contributed by atoms with E-state index in [4.69, 9.17) is 16.7 Å². The minimum Gasteiger partial charge on any atom is -0.399 e. The molecule has 0 spiro atoms. The summed E-state index contributed by atoms with van der Waals surface area (Å²) in [5.74, 6) is 0. The molecular weight excluding hydrogens is 353 g/mol. The first kappa shape index (κ1) is 18.4. The van der Waals surface area contributed by atoms with Gasteiger partial charge in [0.05, 0.1) is 11.6 Å². The average Bonchev–Trinajstić information content (AvgIpc) is 2.77. The monoisotopic (exact) mass is 373 g/mol. The van der Waals surface area contributed by atoms with Gasteiger partial charge in [-0.3, -0.25) is 0 Å². The van der Waals surface area contributed by atoms with Crippen LogP contribution in [-0.4, -0.2) is 6.71 Å². The second-order valence-electron chi connectivity index (χ2n) is 7.00. The molecule has 4 aromatic rings. The average molecular weight is 373 g/mol. The Bertz CT molecular complexity index is 1130. The molecule has 0 amide bonds. The van der Waals surface area contributed by atoms with Gasteiger partial charge in [0.1, 0.15) is 0 Å². The molecule has 4 rings (SSSR count). The molecule has 0 aromatic heterocycles. The molecule has 0 radical (unpaired) electrons. The van der Waals surface area contributed by atoms with Gasteiger partial charge in [-0.1, -0.05) is 78.3 Å². The van der Waals surface area contributed by atoms with Crippen molar-refractivity contribution >= 4 is 34.5 Å². The number of benzene rings is 4. The molecular formula is C25H20BN3. The number of nitrogens with zero attached hydrogens (tertiary/aromatic N) is 1. The fraction of sp³-hybridized carbons (Fsp3) is 0. The first-order chi connectivity index (χ1) is 14.2. The molecule has 0 saturated heterocycles. The molecule has 0 saturated carbocycles. The molecule has 29 heavy (non-hydrogen) atoms. The van der Waals surface area contributed by atoms with E-state index >= 15 is 0 Å². The Morgan fingerprint density at radius 2 is 1.03 bits per heavy atom. The SMILES string of the molecule is N#Cc1ccc(-c2ccc(B(c3ccccc3N)c3ccccc3N)cc2)cc1. The number of nitrogen functional groups attached to an aromatic ring is 2. The second-order valence-corrected chi connectivity index (χ2v) is 7.00. The number of hydrogen-bond donors (Lipinski definition) is 2. The van der Waals surface area contributed by atoms with E-state index in [2.05, 4.69) is 42.5 Å². The molecule has 3 nitrogen and oxygen atoms in total. The van der Waals surface area contributed by atoms with Gasteiger partial charge in [0, 0.05) is 11.4 Å². The van der Waals surface area contributed by atoms with Crippen molar-refractivity contribution < 1.29 is 0 Å². The summed E-state index contributed by atoms with van der Waals surface area (Å²) in [6.07, 6.45) is 0. The molecule has 0 aliphatic heterocycles.